The minimum atomic E-state index is -0.243. The van der Waals surface area contributed by atoms with E-state index in [1.54, 1.807) is 4.90 Å². The quantitative estimate of drug-likeness (QED) is 0.304. The number of amides is 1. The molecule has 1 saturated carbocycles. The fourth-order valence-electron chi connectivity index (χ4n) is 7.00. The number of piperazine rings is 1. The summed E-state index contributed by atoms with van der Waals surface area (Å²) in [5.41, 5.74) is 3.12. The molecule has 3 aromatic rings. The molecule has 0 spiro atoms. The Labute approximate surface area is 264 Å². The first-order valence-electron chi connectivity index (χ1n) is 15.7. The molecule has 0 bridgehead atoms. The standard InChI is InChI=1S/C34H40ClN7O2/c1-3-31(43)42-19-18-41(22-26(42)14-16-36)33-27-15-17-40(30-13-7-9-24-8-6-12-28(35)32(24)30)23-29(27)37-34(38-33)44-21-20-39(2)25-10-4-5-11-25/h3,6-9,12-13,25-26H,1,4-5,10-11,14-15,17-23H2,2H3/t26-/m0/s1. The average Bonchev–Trinajstić information content (AvgIpc) is 3.59. The number of carbonyl (C=O) groups excluding carboxylic acids is 1. The van der Waals surface area contributed by atoms with Crippen molar-refractivity contribution in [1.82, 2.24) is 19.8 Å². The predicted molar refractivity (Wildman–Crippen MR) is 174 cm³/mol. The molecule has 0 N–H and O–H groups in total. The number of nitrogens with zero attached hydrogens (tertiary/aromatic N) is 7. The number of likely N-dealkylation sites (N-methyl/N-ethyl adjacent to an activating group) is 1. The minimum absolute atomic E-state index is 0.144. The van der Waals surface area contributed by atoms with Crippen molar-refractivity contribution in [3.63, 3.8) is 0 Å². The van der Waals surface area contributed by atoms with Gasteiger partial charge in [0.25, 0.3) is 0 Å². The van der Waals surface area contributed by atoms with Gasteiger partial charge in [0, 0.05) is 55.4 Å². The van der Waals surface area contributed by atoms with Gasteiger partial charge in [-0.2, -0.15) is 15.2 Å². The summed E-state index contributed by atoms with van der Waals surface area (Å²) in [6.45, 7) is 7.99. The van der Waals surface area contributed by atoms with E-state index in [4.69, 9.17) is 26.3 Å². The first kappa shape index (κ1) is 30.2. The maximum Gasteiger partial charge on any atom is 0.318 e. The van der Waals surface area contributed by atoms with E-state index in [2.05, 4.69) is 58.7 Å². The summed E-state index contributed by atoms with van der Waals surface area (Å²) in [6.07, 6.45) is 7.41. The zero-order chi connectivity index (χ0) is 30.6. The minimum Gasteiger partial charge on any atom is -0.462 e. The summed E-state index contributed by atoms with van der Waals surface area (Å²) >= 11 is 6.71. The van der Waals surface area contributed by atoms with E-state index in [9.17, 15) is 10.1 Å². The molecule has 9 nitrogen and oxygen atoms in total. The Kier molecular flexibility index (Phi) is 9.20. The smallest absolute Gasteiger partial charge is 0.318 e. The molecule has 10 heteroatoms. The van der Waals surface area contributed by atoms with Gasteiger partial charge in [-0.1, -0.05) is 55.3 Å². The second kappa shape index (κ2) is 13.4. The number of anilines is 2. The lowest BCUT2D eigenvalue weighted by Gasteiger charge is -2.42. The highest BCUT2D eigenvalue weighted by molar-refractivity contribution is 6.36. The van der Waals surface area contributed by atoms with E-state index in [0.29, 0.717) is 44.8 Å². The molecule has 0 unspecified atom stereocenters. The number of nitriles is 1. The highest BCUT2D eigenvalue weighted by Gasteiger charge is 2.33. The monoisotopic (exact) mass is 613 g/mol. The van der Waals surface area contributed by atoms with Gasteiger partial charge in [0.15, 0.2) is 0 Å². The van der Waals surface area contributed by atoms with Crippen LogP contribution in [-0.2, 0) is 17.8 Å². The van der Waals surface area contributed by atoms with Gasteiger partial charge in [-0.25, -0.2) is 0 Å². The third-order valence-corrected chi connectivity index (χ3v) is 9.70. The van der Waals surface area contributed by atoms with Gasteiger partial charge < -0.3 is 24.3 Å². The summed E-state index contributed by atoms with van der Waals surface area (Å²) in [5.74, 6) is 0.702. The third kappa shape index (κ3) is 6.19. The van der Waals surface area contributed by atoms with E-state index in [1.165, 1.54) is 31.8 Å². The predicted octanol–water partition coefficient (Wildman–Crippen LogP) is 5.22. The molecule has 1 amide bonds. The summed E-state index contributed by atoms with van der Waals surface area (Å²) in [5, 5.41) is 12.4. The van der Waals surface area contributed by atoms with Crippen LogP contribution in [-0.4, -0.2) is 84.1 Å². The van der Waals surface area contributed by atoms with E-state index >= 15 is 0 Å². The highest BCUT2D eigenvalue weighted by atomic mass is 35.5. The number of hydrogen-bond donors (Lipinski definition) is 0. The van der Waals surface area contributed by atoms with Crippen molar-refractivity contribution < 1.29 is 9.53 Å². The zero-order valence-electron chi connectivity index (χ0n) is 25.4. The third-order valence-electron chi connectivity index (χ3n) is 9.39. The van der Waals surface area contributed by atoms with Crippen molar-refractivity contribution in [2.24, 2.45) is 0 Å². The second-order valence-electron chi connectivity index (χ2n) is 12.0. The van der Waals surface area contributed by atoms with Gasteiger partial charge >= 0.3 is 6.01 Å². The molecule has 1 aliphatic carbocycles. The first-order valence-corrected chi connectivity index (χ1v) is 16.0. The SMILES string of the molecule is C=CC(=O)N1CCN(c2nc(OCCN(C)C3CCCC3)nc3c2CCN(c2cccc4cccc(Cl)c24)C3)C[C@@H]1CC#N. The van der Waals surface area contributed by atoms with Gasteiger partial charge in [-0.3, -0.25) is 4.79 Å². The molecular weight excluding hydrogens is 574 g/mol. The molecule has 44 heavy (non-hydrogen) atoms. The van der Waals surface area contributed by atoms with Crippen LogP contribution in [0.3, 0.4) is 0 Å². The van der Waals surface area contributed by atoms with Crippen LogP contribution in [0.5, 0.6) is 6.01 Å². The van der Waals surface area contributed by atoms with Crippen LogP contribution in [0.15, 0.2) is 49.1 Å². The van der Waals surface area contributed by atoms with Crippen LogP contribution in [0.4, 0.5) is 11.5 Å². The maximum atomic E-state index is 12.6. The molecule has 2 fully saturated rings. The number of rotatable bonds is 9. The van der Waals surface area contributed by atoms with Gasteiger partial charge in [-0.05, 0) is 49.9 Å². The Bertz CT molecular complexity index is 1560. The van der Waals surface area contributed by atoms with Crippen LogP contribution in [0, 0.1) is 11.3 Å². The second-order valence-corrected chi connectivity index (χ2v) is 12.4. The average molecular weight is 614 g/mol. The Morgan fingerprint density at radius 3 is 2.73 bits per heavy atom. The lowest BCUT2D eigenvalue weighted by molar-refractivity contribution is -0.128. The molecule has 3 heterocycles. The highest BCUT2D eigenvalue weighted by Crippen LogP contribution is 2.37. The molecule has 1 aromatic heterocycles. The van der Waals surface area contributed by atoms with Crippen molar-refractivity contribution in [3.8, 4) is 12.1 Å². The number of ether oxygens (including phenoxy) is 1. The van der Waals surface area contributed by atoms with Crippen LogP contribution in [0.1, 0.15) is 43.4 Å². The van der Waals surface area contributed by atoms with Gasteiger partial charge in [-0.15, -0.1) is 0 Å². The van der Waals surface area contributed by atoms with Crippen molar-refractivity contribution in [3.05, 3.63) is 65.3 Å². The Morgan fingerprint density at radius 2 is 1.95 bits per heavy atom. The van der Waals surface area contributed by atoms with Gasteiger partial charge in [0.2, 0.25) is 5.91 Å². The van der Waals surface area contributed by atoms with Crippen LogP contribution in [0.2, 0.25) is 5.02 Å². The van der Waals surface area contributed by atoms with Crippen molar-refractivity contribution >= 4 is 39.8 Å². The molecule has 3 aliphatic rings. The fraction of sp³-hybridized carbons (Fsp3) is 0.471. The van der Waals surface area contributed by atoms with Gasteiger partial charge in [0.1, 0.15) is 12.4 Å². The molecule has 1 atom stereocenters. The molecular formula is C34H40ClN7O2. The van der Waals surface area contributed by atoms with Crippen molar-refractivity contribution in [2.45, 2.75) is 57.2 Å². The molecule has 6 rings (SSSR count). The molecule has 2 aliphatic heterocycles. The molecule has 1 saturated heterocycles. The fourth-order valence-corrected chi connectivity index (χ4v) is 7.28. The van der Waals surface area contributed by atoms with Crippen molar-refractivity contribution in [1.29, 1.82) is 5.26 Å². The zero-order valence-corrected chi connectivity index (χ0v) is 26.2. The van der Waals surface area contributed by atoms with E-state index < -0.39 is 0 Å². The maximum absolute atomic E-state index is 12.6. The van der Waals surface area contributed by atoms with Crippen LogP contribution < -0.4 is 14.5 Å². The van der Waals surface area contributed by atoms with Crippen LogP contribution in [0.25, 0.3) is 10.8 Å². The van der Waals surface area contributed by atoms with Gasteiger partial charge in [0.05, 0.1) is 35.8 Å². The van der Waals surface area contributed by atoms with Crippen LogP contribution >= 0.6 is 11.6 Å². The number of aromatic nitrogens is 2. The largest absolute Gasteiger partial charge is 0.462 e. The summed E-state index contributed by atoms with van der Waals surface area (Å²) in [6, 6.07) is 15.3. The topological polar surface area (TPSA) is 88.8 Å². The number of halogens is 1. The van der Waals surface area contributed by atoms with E-state index in [0.717, 1.165) is 58.1 Å². The lowest BCUT2D eigenvalue weighted by Crippen LogP contribution is -2.55. The molecule has 230 valence electrons. The van der Waals surface area contributed by atoms with E-state index in [-0.39, 0.29) is 18.4 Å². The summed E-state index contributed by atoms with van der Waals surface area (Å²) < 4.78 is 6.25. The summed E-state index contributed by atoms with van der Waals surface area (Å²) in [7, 11) is 2.17. The number of benzene rings is 2. The number of carbonyl (C=O) groups is 1. The lowest BCUT2D eigenvalue weighted by atomic mass is 10.0. The Hall–Kier alpha value is -3.87. The first-order chi connectivity index (χ1) is 21.5. The molecule has 0 radical (unpaired) electrons. The van der Waals surface area contributed by atoms with E-state index in [1.807, 2.05) is 12.1 Å². The van der Waals surface area contributed by atoms with Crippen molar-refractivity contribution in [2.75, 3.05) is 56.2 Å². The Morgan fingerprint density at radius 1 is 1.16 bits per heavy atom. The normalized spacial score (nSPS) is 18.9. The number of fused-ring (bicyclic) bond motifs is 2. The summed E-state index contributed by atoms with van der Waals surface area (Å²) in [4.78, 5) is 31.2. The number of hydrogen-bond acceptors (Lipinski definition) is 8. The Balaban J connectivity index is 1.30. The molecule has 2 aromatic carbocycles.